The fourth-order valence-corrected chi connectivity index (χ4v) is 5.65. The van der Waals surface area contributed by atoms with E-state index in [9.17, 15) is 34.5 Å². The van der Waals surface area contributed by atoms with Crippen LogP contribution in [0.1, 0.15) is 19.7 Å². The van der Waals surface area contributed by atoms with Crippen molar-refractivity contribution in [3.05, 3.63) is 29.4 Å². The number of nitrogens with zero attached hydrogens (tertiary/aromatic N) is 6. The van der Waals surface area contributed by atoms with Gasteiger partial charge in [-0.1, -0.05) is 5.16 Å². The number of carbonyl (C=O) groups is 4. The van der Waals surface area contributed by atoms with Gasteiger partial charge < -0.3 is 41.7 Å². The lowest BCUT2D eigenvalue weighted by Crippen LogP contribution is -2.71. The van der Waals surface area contributed by atoms with Crippen molar-refractivity contribution in [2.24, 2.45) is 5.16 Å². The zero-order valence-corrected chi connectivity index (χ0v) is 22.8. The van der Waals surface area contributed by atoms with Gasteiger partial charge in [-0.2, -0.15) is 9.36 Å². The highest BCUT2D eigenvalue weighted by molar-refractivity contribution is 8.00. The van der Waals surface area contributed by atoms with Gasteiger partial charge in [-0.05, 0) is 13.8 Å². The second kappa shape index (κ2) is 11.1. The first-order valence-electron chi connectivity index (χ1n) is 11.6. The van der Waals surface area contributed by atoms with Gasteiger partial charge >= 0.3 is 5.97 Å². The van der Waals surface area contributed by atoms with Crippen LogP contribution in [0.25, 0.3) is 0 Å². The number of thioether (sulfide) groups is 1. The van der Waals surface area contributed by atoms with E-state index in [0.29, 0.717) is 11.4 Å². The standard InChI is InChI=1S/C21H25N9O8S2/c1-21(2,19(36)37)38-26-11(14-25-20(23)40-27-14)15(32)24-12-16(33)30-13(18(34)35)9(8-39-17(12)30)7-28-4-3-10(22)29(28)5-6-31/h3-4,12,17,22,31H,5-8H2,1-2H3,(H5,23,24,25,27,32,34,35,36,37)/t12-,17-/m1/s1. The Hall–Kier alpha value is -4.23. The number of anilines is 2. The van der Waals surface area contributed by atoms with Crippen LogP contribution < -0.4 is 26.6 Å². The summed E-state index contributed by atoms with van der Waals surface area (Å²) in [4.78, 5) is 59.7. The Morgan fingerprint density at radius 3 is 2.70 bits per heavy atom. The van der Waals surface area contributed by atoms with Crippen LogP contribution in [0.15, 0.2) is 28.7 Å². The zero-order valence-electron chi connectivity index (χ0n) is 21.1. The molecule has 2 amide bonds. The quantitative estimate of drug-likeness (QED) is 0.0731. The molecule has 0 radical (unpaired) electrons. The summed E-state index contributed by atoms with van der Waals surface area (Å²) in [6.07, 6.45) is 1.62. The summed E-state index contributed by atoms with van der Waals surface area (Å²) in [5, 5.41) is 36.0. The number of oxime groups is 1. The van der Waals surface area contributed by atoms with E-state index in [2.05, 4.69) is 19.8 Å². The van der Waals surface area contributed by atoms with Crippen molar-refractivity contribution in [3.8, 4) is 0 Å². The number of carboxylic acids is 2. The number of rotatable bonds is 11. The van der Waals surface area contributed by atoms with E-state index in [1.165, 1.54) is 25.6 Å². The summed E-state index contributed by atoms with van der Waals surface area (Å²) in [6, 6.07) is 0.447. The van der Waals surface area contributed by atoms with Crippen LogP contribution >= 0.6 is 23.3 Å². The number of carboxylic acid groups (broad SMARTS) is 2. The highest BCUT2D eigenvalue weighted by atomic mass is 32.2. The molecule has 0 bridgehead atoms. The van der Waals surface area contributed by atoms with Crippen molar-refractivity contribution in [3.63, 3.8) is 0 Å². The molecule has 7 N–H and O–H groups in total. The molecule has 1 fully saturated rings. The number of aliphatic carboxylic acids is 2. The van der Waals surface area contributed by atoms with Crippen molar-refractivity contribution < 1.29 is 44.0 Å². The molecule has 2 aliphatic rings. The second-order valence-corrected chi connectivity index (χ2v) is 11.0. The van der Waals surface area contributed by atoms with E-state index < -0.39 is 46.5 Å². The summed E-state index contributed by atoms with van der Waals surface area (Å²) < 4.78 is 7.08. The number of fused-ring (bicyclic) bond motifs is 1. The third-order valence-corrected chi connectivity index (χ3v) is 7.85. The van der Waals surface area contributed by atoms with Gasteiger partial charge in [0.2, 0.25) is 17.1 Å². The summed E-state index contributed by atoms with van der Waals surface area (Å²) in [5.41, 5.74) is 9.24. The van der Waals surface area contributed by atoms with E-state index >= 15 is 0 Å². The number of aliphatic hydroxyl groups excluding tert-OH is 1. The van der Waals surface area contributed by atoms with E-state index in [1.54, 1.807) is 21.6 Å². The van der Waals surface area contributed by atoms with Gasteiger partial charge in [0.25, 0.3) is 11.8 Å². The van der Waals surface area contributed by atoms with Crippen LogP contribution in [0, 0.1) is 0 Å². The lowest BCUT2D eigenvalue weighted by Gasteiger charge is -2.50. The molecule has 2 aromatic rings. The van der Waals surface area contributed by atoms with Gasteiger partial charge in [-0.3, -0.25) is 14.5 Å². The number of amides is 2. The Morgan fingerprint density at radius 1 is 1.38 bits per heavy atom. The van der Waals surface area contributed by atoms with Crippen LogP contribution in [-0.2, 0) is 37.1 Å². The van der Waals surface area contributed by atoms with Gasteiger partial charge in [0.05, 0.1) is 24.3 Å². The Kier molecular flexibility index (Phi) is 7.98. The Morgan fingerprint density at radius 2 is 2.10 bits per heavy atom. The summed E-state index contributed by atoms with van der Waals surface area (Å²) >= 11 is 1.97. The molecule has 4 rings (SSSR count). The molecular weight excluding hydrogens is 570 g/mol. The van der Waals surface area contributed by atoms with Gasteiger partial charge in [0, 0.05) is 22.9 Å². The van der Waals surface area contributed by atoms with Crippen LogP contribution in [0.5, 0.6) is 0 Å². The molecule has 0 unspecified atom stereocenters. The number of β-lactam (4-membered cyclic amide) rings is 1. The van der Waals surface area contributed by atoms with E-state index in [0.717, 1.165) is 16.4 Å². The van der Waals surface area contributed by atoms with E-state index in [4.69, 9.17) is 16.3 Å². The molecule has 0 aliphatic carbocycles. The Labute approximate surface area is 234 Å². The van der Waals surface area contributed by atoms with Crippen LogP contribution in [0.4, 0.5) is 10.9 Å². The number of nitrogens with two attached hydrogens (primary N) is 2. The van der Waals surface area contributed by atoms with Gasteiger partial charge in [0.1, 0.15) is 18.0 Å². The van der Waals surface area contributed by atoms with Crippen molar-refractivity contribution >= 4 is 63.7 Å². The highest BCUT2D eigenvalue weighted by Crippen LogP contribution is 2.40. The molecule has 1 saturated heterocycles. The number of hydrogen-bond acceptors (Lipinski definition) is 14. The number of carbonyl (C=O) groups excluding carboxylic acids is 3. The topological polar surface area (TPSA) is 255 Å². The van der Waals surface area contributed by atoms with Gasteiger partial charge in [-0.25, -0.2) is 4.79 Å². The zero-order chi connectivity index (χ0) is 29.4. The largest absolute Gasteiger partial charge is 0.543 e. The molecule has 214 valence electrons. The molecule has 2 atom stereocenters. The van der Waals surface area contributed by atoms with Crippen LogP contribution in [0.2, 0.25) is 0 Å². The molecule has 40 heavy (non-hydrogen) atoms. The molecule has 2 aliphatic heterocycles. The van der Waals surface area contributed by atoms with E-state index in [1.807, 2.05) is 0 Å². The van der Waals surface area contributed by atoms with Gasteiger partial charge in [0.15, 0.2) is 23.7 Å². The number of aliphatic hydroxyl groups is 1. The van der Waals surface area contributed by atoms with Crippen LogP contribution in [-0.4, -0.2) is 88.0 Å². The summed E-state index contributed by atoms with van der Waals surface area (Å²) in [5.74, 6) is -4.31. The molecule has 19 heteroatoms. The number of hydrogen-bond donors (Lipinski definition) is 5. The number of nitrogen functional groups attached to an aromatic ring is 2. The third-order valence-electron chi connectivity index (χ3n) is 5.97. The maximum atomic E-state index is 13.1. The van der Waals surface area contributed by atoms with Crippen LogP contribution in [0.3, 0.4) is 0 Å². The lowest BCUT2D eigenvalue weighted by atomic mass is 10.0. The molecule has 17 nitrogen and oxygen atoms in total. The fourth-order valence-electron chi connectivity index (χ4n) is 3.88. The predicted octanol–water partition coefficient (Wildman–Crippen LogP) is -3.53. The van der Waals surface area contributed by atoms with Crippen molar-refractivity contribution in [2.45, 2.75) is 44.0 Å². The monoisotopic (exact) mass is 595 g/mol. The maximum Gasteiger partial charge on any atom is 0.350 e. The Balaban J connectivity index is 1.56. The molecule has 4 heterocycles. The highest BCUT2D eigenvalue weighted by Gasteiger charge is 2.53. The third kappa shape index (κ3) is 5.42. The SMILES string of the molecule is CC(C)(ON=C(C(=O)N[C@@H]1C(=O)N2C(C(=O)[O-])=C(C[n+]3ccc(N)n3CCO)CS[C@H]12)c1nsc(N)n1)C(=O)O. The van der Waals surface area contributed by atoms with Crippen molar-refractivity contribution in [1.82, 2.24) is 24.3 Å². The fraction of sp³-hybridized carbons (Fsp3) is 0.429. The number of aromatic nitrogens is 4. The van der Waals surface area contributed by atoms with Gasteiger partial charge in [-0.15, -0.1) is 21.1 Å². The minimum Gasteiger partial charge on any atom is -0.543 e. The smallest absolute Gasteiger partial charge is 0.350 e. The average Bonchev–Trinajstić information content (AvgIpc) is 3.47. The minimum atomic E-state index is -1.81. The maximum absolute atomic E-state index is 13.1. The van der Waals surface area contributed by atoms with Crippen molar-refractivity contribution in [2.75, 3.05) is 23.8 Å². The molecule has 0 aromatic carbocycles. The lowest BCUT2D eigenvalue weighted by molar-refractivity contribution is -0.767. The molecule has 0 spiro atoms. The molecular formula is C21H25N9O8S2. The first kappa shape index (κ1) is 28.8. The average molecular weight is 596 g/mol. The van der Waals surface area contributed by atoms with E-state index in [-0.39, 0.29) is 42.1 Å². The first-order valence-corrected chi connectivity index (χ1v) is 13.4. The normalized spacial score (nSPS) is 19.2. The summed E-state index contributed by atoms with van der Waals surface area (Å²) in [7, 11) is 0. The summed E-state index contributed by atoms with van der Waals surface area (Å²) in [6.45, 7) is 2.46. The molecule has 0 saturated carbocycles. The first-order chi connectivity index (χ1) is 18.9. The number of nitrogens with one attached hydrogen (secondary N) is 1. The minimum absolute atomic E-state index is 0.00255. The van der Waals surface area contributed by atoms with Crippen molar-refractivity contribution in [1.29, 1.82) is 0 Å². The molecule has 2 aromatic heterocycles. The predicted molar refractivity (Wildman–Crippen MR) is 137 cm³/mol. The second-order valence-electron chi connectivity index (χ2n) is 9.09. The Bertz CT molecular complexity index is 1430.